The van der Waals surface area contributed by atoms with Crippen LogP contribution >= 0.6 is 0 Å². The van der Waals surface area contributed by atoms with E-state index < -0.39 is 0 Å². The van der Waals surface area contributed by atoms with Gasteiger partial charge in [0.2, 0.25) is 5.56 Å². The zero-order valence-electron chi connectivity index (χ0n) is 8.66. The molecule has 0 atom stereocenters. The Morgan fingerprint density at radius 2 is 1.80 bits per heavy atom. The van der Waals surface area contributed by atoms with E-state index in [9.17, 15) is 4.79 Å². The van der Waals surface area contributed by atoms with Crippen LogP contribution in [0.3, 0.4) is 0 Å². The molecule has 0 aliphatic carbocycles. The lowest BCUT2D eigenvalue weighted by Gasteiger charge is -2.02. The highest BCUT2D eigenvalue weighted by Gasteiger charge is 1.97. The summed E-state index contributed by atoms with van der Waals surface area (Å²) in [6.45, 7) is 2.12. The summed E-state index contributed by atoms with van der Waals surface area (Å²) in [5, 5.41) is 0. The lowest BCUT2D eigenvalue weighted by Crippen LogP contribution is -2.03. The molecule has 0 fully saturated rings. The van der Waals surface area contributed by atoms with Crippen LogP contribution in [-0.4, -0.2) is 4.98 Å². The van der Waals surface area contributed by atoms with E-state index in [0.29, 0.717) is 0 Å². The Labute approximate surface area is 88.6 Å². The highest BCUT2D eigenvalue weighted by molar-refractivity contribution is 5.58. The van der Waals surface area contributed by atoms with E-state index in [2.05, 4.69) is 24.0 Å². The number of aromatic nitrogens is 1. The van der Waals surface area contributed by atoms with Crippen LogP contribution in [0.5, 0.6) is 0 Å². The first-order chi connectivity index (χ1) is 7.29. The molecule has 15 heavy (non-hydrogen) atoms. The summed E-state index contributed by atoms with van der Waals surface area (Å²) in [6, 6.07) is 13.4. The summed E-state index contributed by atoms with van der Waals surface area (Å²) in [6.07, 6.45) is 1.03. The van der Waals surface area contributed by atoms with Crippen LogP contribution in [0.25, 0.3) is 11.3 Å². The van der Waals surface area contributed by atoms with Gasteiger partial charge in [-0.1, -0.05) is 37.3 Å². The van der Waals surface area contributed by atoms with Crippen molar-refractivity contribution in [2.45, 2.75) is 13.3 Å². The molecule has 2 rings (SSSR count). The van der Waals surface area contributed by atoms with Crippen LogP contribution in [0.15, 0.2) is 47.3 Å². The van der Waals surface area contributed by atoms with E-state index in [4.69, 9.17) is 0 Å². The van der Waals surface area contributed by atoms with Gasteiger partial charge in [-0.05, 0) is 23.6 Å². The normalized spacial score (nSPS) is 10.2. The average molecular weight is 199 g/mol. The maximum Gasteiger partial charge on any atom is 0.248 e. The van der Waals surface area contributed by atoms with E-state index in [0.717, 1.165) is 17.7 Å². The van der Waals surface area contributed by atoms with Crippen molar-refractivity contribution >= 4 is 0 Å². The van der Waals surface area contributed by atoms with Crippen LogP contribution in [0.2, 0.25) is 0 Å². The molecular formula is C13H13NO. The van der Waals surface area contributed by atoms with Gasteiger partial charge < -0.3 is 4.98 Å². The van der Waals surface area contributed by atoms with Crippen molar-refractivity contribution in [2.75, 3.05) is 0 Å². The fourth-order valence-electron chi connectivity index (χ4n) is 1.54. The summed E-state index contributed by atoms with van der Waals surface area (Å²) >= 11 is 0. The van der Waals surface area contributed by atoms with Crippen molar-refractivity contribution in [3.05, 3.63) is 58.4 Å². The molecule has 0 amide bonds. The molecule has 0 saturated carbocycles. The van der Waals surface area contributed by atoms with Crippen molar-refractivity contribution in [1.82, 2.24) is 4.98 Å². The first-order valence-corrected chi connectivity index (χ1v) is 5.08. The van der Waals surface area contributed by atoms with Crippen molar-refractivity contribution in [3.63, 3.8) is 0 Å². The molecule has 0 aliphatic heterocycles. The maximum absolute atomic E-state index is 11.1. The highest BCUT2D eigenvalue weighted by atomic mass is 16.1. The largest absolute Gasteiger partial charge is 0.322 e. The molecule has 1 N–H and O–H groups in total. The Morgan fingerprint density at radius 1 is 1.07 bits per heavy atom. The van der Waals surface area contributed by atoms with Crippen molar-refractivity contribution in [2.24, 2.45) is 0 Å². The summed E-state index contributed by atoms with van der Waals surface area (Å²) in [4.78, 5) is 13.9. The van der Waals surface area contributed by atoms with Gasteiger partial charge >= 0.3 is 0 Å². The molecular weight excluding hydrogens is 186 g/mol. The smallest absolute Gasteiger partial charge is 0.248 e. The molecule has 0 radical (unpaired) electrons. The van der Waals surface area contributed by atoms with Gasteiger partial charge in [0.1, 0.15) is 0 Å². The molecule has 2 aromatic rings. The van der Waals surface area contributed by atoms with Crippen LogP contribution < -0.4 is 5.56 Å². The molecule has 0 unspecified atom stereocenters. The molecule has 0 saturated heterocycles. The Balaban J connectivity index is 2.41. The van der Waals surface area contributed by atoms with Gasteiger partial charge in [0, 0.05) is 11.8 Å². The number of benzene rings is 1. The Bertz CT molecular complexity index is 496. The van der Waals surface area contributed by atoms with Gasteiger partial charge in [-0.25, -0.2) is 0 Å². The van der Waals surface area contributed by atoms with Gasteiger partial charge in [-0.2, -0.15) is 0 Å². The van der Waals surface area contributed by atoms with Gasteiger partial charge in [0.15, 0.2) is 0 Å². The second kappa shape index (κ2) is 4.13. The van der Waals surface area contributed by atoms with Gasteiger partial charge in [0.05, 0.1) is 0 Å². The molecule has 0 spiro atoms. The quantitative estimate of drug-likeness (QED) is 0.792. The van der Waals surface area contributed by atoms with E-state index in [1.165, 1.54) is 11.6 Å². The Morgan fingerprint density at radius 3 is 2.40 bits per heavy atom. The number of hydrogen-bond acceptors (Lipinski definition) is 1. The summed E-state index contributed by atoms with van der Waals surface area (Å²) in [5.74, 6) is 0. The van der Waals surface area contributed by atoms with Gasteiger partial charge in [0.25, 0.3) is 0 Å². The topological polar surface area (TPSA) is 32.9 Å². The zero-order chi connectivity index (χ0) is 10.7. The molecule has 1 aromatic heterocycles. The molecule has 1 aromatic carbocycles. The second-order valence-corrected chi connectivity index (χ2v) is 3.48. The lowest BCUT2D eigenvalue weighted by atomic mass is 10.1. The number of aryl methyl sites for hydroxylation is 1. The number of nitrogens with one attached hydrogen (secondary N) is 1. The fraction of sp³-hybridized carbons (Fsp3) is 0.154. The predicted molar refractivity (Wildman–Crippen MR) is 61.9 cm³/mol. The van der Waals surface area contributed by atoms with Crippen molar-refractivity contribution < 1.29 is 0 Å². The van der Waals surface area contributed by atoms with Crippen LogP contribution in [0.1, 0.15) is 12.5 Å². The van der Waals surface area contributed by atoms with Gasteiger partial charge in [-0.3, -0.25) is 4.79 Å². The molecule has 0 aliphatic rings. The number of H-pyrrole nitrogens is 1. The third-order valence-corrected chi connectivity index (χ3v) is 2.44. The summed E-state index contributed by atoms with van der Waals surface area (Å²) in [5.41, 5.74) is 3.15. The summed E-state index contributed by atoms with van der Waals surface area (Å²) < 4.78 is 0. The minimum absolute atomic E-state index is 0.0629. The van der Waals surface area contributed by atoms with Crippen LogP contribution in [0, 0.1) is 0 Å². The van der Waals surface area contributed by atoms with E-state index in [1.54, 1.807) is 6.07 Å². The number of aromatic amines is 1. The first kappa shape index (κ1) is 9.71. The standard InChI is InChI=1S/C13H13NO/c1-2-10-6-8-11(9-7-10)12-4-3-5-13(15)14-12/h3-9H,2H2,1H3,(H,14,15). The number of pyridine rings is 1. The Hall–Kier alpha value is -1.83. The summed E-state index contributed by atoms with van der Waals surface area (Å²) in [7, 11) is 0. The predicted octanol–water partition coefficient (Wildman–Crippen LogP) is 2.60. The fourth-order valence-corrected chi connectivity index (χ4v) is 1.54. The second-order valence-electron chi connectivity index (χ2n) is 3.48. The first-order valence-electron chi connectivity index (χ1n) is 5.08. The van der Waals surface area contributed by atoms with E-state index >= 15 is 0 Å². The Kier molecular flexibility index (Phi) is 2.68. The average Bonchev–Trinajstić information content (AvgIpc) is 2.29. The number of hydrogen-bond donors (Lipinski definition) is 1. The van der Waals surface area contributed by atoms with E-state index in [1.807, 2.05) is 18.2 Å². The lowest BCUT2D eigenvalue weighted by molar-refractivity contribution is 1.14. The van der Waals surface area contributed by atoms with Crippen molar-refractivity contribution in [3.8, 4) is 11.3 Å². The molecule has 76 valence electrons. The third kappa shape index (κ3) is 2.15. The minimum Gasteiger partial charge on any atom is -0.322 e. The zero-order valence-corrected chi connectivity index (χ0v) is 8.66. The molecule has 2 heteroatoms. The monoisotopic (exact) mass is 199 g/mol. The molecule has 1 heterocycles. The SMILES string of the molecule is CCc1ccc(-c2cccc(=O)[nH]2)cc1. The third-order valence-electron chi connectivity index (χ3n) is 2.44. The van der Waals surface area contributed by atoms with Crippen molar-refractivity contribution in [1.29, 1.82) is 0 Å². The highest BCUT2D eigenvalue weighted by Crippen LogP contribution is 2.15. The van der Waals surface area contributed by atoms with Crippen LogP contribution in [0.4, 0.5) is 0 Å². The van der Waals surface area contributed by atoms with E-state index in [-0.39, 0.29) is 5.56 Å². The molecule has 2 nitrogen and oxygen atoms in total. The van der Waals surface area contributed by atoms with Crippen LogP contribution in [-0.2, 0) is 6.42 Å². The maximum atomic E-state index is 11.1. The minimum atomic E-state index is -0.0629. The number of rotatable bonds is 2. The molecule has 0 bridgehead atoms. The van der Waals surface area contributed by atoms with Gasteiger partial charge in [-0.15, -0.1) is 0 Å².